The molecule has 0 N–H and O–H groups in total. The Bertz CT molecular complexity index is 80.6. The lowest BCUT2D eigenvalue weighted by atomic mass is 9.82. The van der Waals surface area contributed by atoms with Crippen LogP contribution in [-0.2, 0) is 0 Å². The molecule has 1 saturated heterocycles. The Kier molecular flexibility index (Phi) is 2.12. The fraction of sp³-hybridized carbons (Fsp3) is 1.00. The summed E-state index contributed by atoms with van der Waals surface area (Å²) in [4.78, 5) is 0. The summed E-state index contributed by atoms with van der Waals surface area (Å²) in [5.41, 5.74) is 0. The third-order valence-electron chi connectivity index (χ3n) is 2.63. The third kappa shape index (κ3) is 1.45. The van der Waals surface area contributed by atoms with Crippen LogP contribution in [0, 0.1) is 17.8 Å². The van der Waals surface area contributed by atoms with Gasteiger partial charge in [-0.05, 0) is 17.8 Å². The zero-order chi connectivity index (χ0) is 6.85. The molecule has 2 atom stereocenters. The van der Waals surface area contributed by atoms with Gasteiger partial charge in [-0.2, -0.15) is 0 Å². The Labute approximate surface area is 57.8 Å². The van der Waals surface area contributed by atoms with Gasteiger partial charge in [0.25, 0.3) is 0 Å². The van der Waals surface area contributed by atoms with Crippen molar-refractivity contribution in [3.05, 3.63) is 0 Å². The second-order valence-electron chi connectivity index (χ2n) is 3.40. The highest BCUT2D eigenvalue weighted by molar-refractivity contribution is 4.76. The van der Waals surface area contributed by atoms with Gasteiger partial charge in [0.2, 0.25) is 0 Å². The molecule has 2 unspecified atom stereocenters. The number of hydrogen-bond donors (Lipinski definition) is 0. The van der Waals surface area contributed by atoms with Crippen molar-refractivity contribution in [3.63, 3.8) is 0 Å². The molecule has 1 radical (unpaired) electrons. The molecule has 53 valence electrons. The van der Waals surface area contributed by atoms with Crippen LogP contribution in [0.25, 0.3) is 0 Å². The van der Waals surface area contributed by atoms with Gasteiger partial charge in [0.05, 0.1) is 0 Å². The van der Waals surface area contributed by atoms with Crippen LogP contribution in [0.15, 0.2) is 0 Å². The topological polar surface area (TPSA) is 14.1 Å². The van der Waals surface area contributed by atoms with Gasteiger partial charge in [0.1, 0.15) is 0 Å². The molecule has 1 heteroatoms. The molecule has 1 aliphatic rings. The van der Waals surface area contributed by atoms with Crippen molar-refractivity contribution in [1.82, 2.24) is 5.32 Å². The molecule has 1 fully saturated rings. The minimum Gasteiger partial charge on any atom is -0.241 e. The van der Waals surface area contributed by atoms with Crippen molar-refractivity contribution in [1.29, 1.82) is 0 Å². The highest BCUT2D eigenvalue weighted by Crippen LogP contribution is 2.23. The molecule has 0 aromatic rings. The number of piperidine rings is 1. The SMILES string of the molecule is CC1C[N]CC(C)C1C. The maximum absolute atomic E-state index is 4.39. The van der Waals surface area contributed by atoms with Crippen molar-refractivity contribution in [2.45, 2.75) is 20.8 Å². The summed E-state index contributed by atoms with van der Waals surface area (Å²) in [7, 11) is 0. The maximum Gasteiger partial charge on any atom is 0.0161 e. The average molecular weight is 126 g/mol. The first-order valence-electron chi connectivity index (χ1n) is 3.85. The zero-order valence-corrected chi connectivity index (χ0v) is 6.59. The molecule has 9 heavy (non-hydrogen) atoms. The summed E-state index contributed by atoms with van der Waals surface area (Å²) in [6.07, 6.45) is 0. The maximum atomic E-state index is 4.39. The third-order valence-corrected chi connectivity index (χ3v) is 2.63. The zero-order valence-electron chi connectivity index (χ0n) is 6.59. The largest absolute Gasteiger partial charge is 0.241 e. The Morgan fingerprint density at radius 2 is 1.44 bits per heavy atom. The molecule has 1 heterocycles. The smallest absolute Gasteiger partial charge is 0.0161 e. The fourth-order valence-corrected chi connectivity index (χ4v) is 1.38. The summed E-state index contributed by atoms with van der Waals surface area (Å²) in [5, 5.41) is 4.39. The van der Waals surface area contributed by atoms with Gasteiger partial charge in [-0.1, -0.05) is 20.8 Å². The Morgan fingerprint density at radius 3 is 1.78 bits per heavy atom. The van der Waals surface area contributed by atoms with Crippen LogP contribution in [0.4, 0.5) is 0 Å². The summed E-state index contributed by atoms with van der Waals surface area (Å²) >= 11 is 0. The molecule has 0 amide bonds. The van der Waals surface area contributed by atoms with Crippen molar-refractivity contribution in [2.24, 2.45) is 17.8 Å². The van der Waals surface area contributed by atoms with Gasteiger partial charge >= 0.3 is 0 Å². The highest BCUT2D eigenvalue weighted by Gasteiger charge is 2.23. The quantitative estimate of drug-likeness (QED) is 0.467. The van der Waals surface area contributed by atoms with Crippen molar-refractivity contribution >= 4 is 0 Å². The Hall–Kier alpha value is -0.0400. The summed E-state index contributed by atoms with van der Waals surface area (Å²) in [6, 6.07) is 0. The lowest BCUT2D eigenvalue weighted by Crippen LogP contribution is -2.35. The van der Waals surface area contributed by atoms with Gasteiger partial charge < -0.3 is 0 Å². The van der Waals surface area contributed by atoms with E-state index in [-0.39, 0.29) is 0 Å². The lowest BCUT2D eigenvalue weighted by Gasteiger charge is -2.31. The molecular weight excluding hydrogens is 110 g/mol. The van der Waals surface area contributed by atoms with E-state index in [0.717, 1.165) is 30.8 Å². The van der Waals surface area contributed by atoms with E-state index in [9.17, 15) is 0 Å². The first-order valence-corrected chi connectivity index (χ1v) is 3.85. The van der Waals surface area contributed by atoms with Crippen molar-refractivity contribution in [3.8, 4) is 0 Å². The fourth-order valence-electron chi connectivity index (χ4n) is 1.38. The van der Waals surface area contributed by atoms with Crippen LogP contribution in [0.3, 0.4) is 0 Å². The first kappa shape index (κ1) is 7.07. The molecule has 0 spiro atoms. The molecule has 1 aliphatic heterocycles. The van der Waals surface area contributed by atoms with E-state index in [0.29, 0.717) is 0 Å². The molecule has 0 aromatic heterocycles. The number of nitrogens with zero attached hydrogens (tertiary/aromatic N) is 1. The standard InChI is InChI=1S/C8H16N/c1-6-4-9-5-7(2)8(6)3/h6-8H,4-5H2,1-3H3. The number of hydrogen-bond acceptors (Lipinski definition) is 0. The van der Waals surface area contributed by atoms with Crippen LogP contribution in [0.1, 0.15) is 20.8 Å². The first-order chi connectivity index (χ1) is 4.22. The van der Waals surface area contributed by atoms with E-state index in [2.05, 4.69) is 26.1 Å². The van der Waals surface area contributed by atoms with Crippen molar-refractivity contribution in [2.75, 3.05) is 13.1 Å². The van der Waals surface area contributed by atoms with E-state index in [1.54, 1.807) is 0 Å². The van der Waals surface area contributed by atoms with E-state index in [1.165, 1.54) is 0 Å². The lowest BCUT2D eigenvalue weighted by molar-refractivity contribution is 0.212. The molecule has 0 bridgehead atoms. The van der Waals surface area contributed by atoms with Gasteiger partial charge in [-0.3, -0.25) is 0 Å². The molecular formula is C8H16N. The predicted octanol–water partition coefficient (Wildman–Crippen LogP) is 1.51. The predicted molar refractivity (Wildman–Crippen MR) is 39.4 cm³/mol. The van der Waals surface area contributed by atoms with E-state index >= 15 is 0 Å². The molecule has 1 nitrogen and oxygen atoms in total. The molecule has 1 rings (SSSR count). The van der Waals surface area contributed by atoms with Gasteiger partial charge in [-0.15, -0.1) is 0 Å². The highest BCUT2D eigenvalue weighted by atomic mass is 14.9. The summed E-state index contributed by atoms with van der Waals surface area (Å²) in [6.45, 7) is 9.11. The molecule has 0 saturated carbocycles. The van der Waals surface area contributed by atoms with Crippen LogP contribution in [-0.4, -0.2) is 13.1 Å². The van der Waals surface area contributed by atoms with Crippen LogP contribution >= 0.6 is 0 Å². The van der Waals surface area contributed by atoms with Crippen LogP contribution < -0.4 is 5.32 Å². The van der Waals surface area contributed by atoms with Gasteiger partial charge in [0.15, 0.2) is 0 Å². The van der Waals surface area contributed by atoms with E-state index < -0.39 is 0 Å². The number of rotatable bonds is 0. The summed E-state index contributed by atoms with van der Waals surface area (Å²) in [5.74, 6) is 2.50. The average Bonchev–Trinajstić information content (AvgIpc) is 1.83. The second kappa shape index (κ2) is 2.70. The van der Waals surface area contributed by atoms with E-state index in [4.69, 9.17) is 0 Å². The minimum absolute atomic E-state index is 0.814. The minimum atomic E-state index is 0.814. The second-order valence-corrected chi connectivity index (χ2v) is 3.40. The Morgan fingerprint density at radius 1 is 1.00 bits per heavy atom. The van der Waals surface area contributed by atoms with Crippen LogP contribution in [0.2, 0.25) is 0 Å². The van der Waals surface area contributed by atoms with Gasteiger partial charge in [-0.25, -0.2) is 5.32 Å². The summed E-state index contributed by atoms with van der Waals surface area (Å²) < 4.78 is 0. The van der Waals surface area contributed by atoms with Crippen LogP contribution in [0.5, 0.6) is 0 Å². The Balaban J connectivity index is 2.41. The van der Waals surface area contributed by atoms with E-state index in [1.807, 2.05) is 0 Å². The van der Waals surface area contributed by atoms with Crippen molar-refractivity contribution < 1.29 is 0 Å². The monoisotopic (exact) mass is 126 g/mol. The molecule has 0 aliphatic carbocycles. The normalized spacial score (nSPS) is 45.0. The van der Waals surface area contributed by atoms with Gasteiger partial charge in [0, 0.05) is 13.1 Å². The molecule has 0 aromatic carbocycles.